The molecule has 32 heavy (non-hydrogen) atoms. The summed E-state index contributed by atoms with van der Waals surface area (Å²) in [6.07, 6.45) is 4.46. The number of anilines is 1. The fourth-order valence-corrected chi connectivity index (χ4v) is 4.07. The number of aliphatic hydroxyl groups excluding tert-OH is 3. The number of carbonyl (C=O) groups is 1. The molecule has 170 valence electrons. The molecule has 3 aromatic rings. The van der Waals surface area contributed by atoms with E-state index in [9.17, 15) is 28.9 Å². The van der Waals surface area contributed by atoms with Crippen LogP contribution >= 0.6 is 0 Å². The lowest BCUT2D eigenvalue weighted by Crippen LogP contribution is -2.57. The maximum Gasteiger partial charge on any atom is 0.255 e. The number of hydrogen-bond acceptors (Lipinski definition) is 6. The van der Waals surface area contributed by atoms with Crippen LogP contribution in [0.3, 0.4) is 0 Å². The van der Waals surface area contributed by atoms with E-state index in [1.807, 2.05) is 4.90 Å². The van der Waals surface area contributed by atoms with Gasteiger partial charge in [0.15, 0.2) is 0 Å². The molecule has 4 N–H and O–H groups in total. The first-order chi connectivity index (χ1) is 15.4. The molecule has 1 saturated heterocycles. The number of rotatable bonds is 7. The number of pyridine rings is 1. The predicted octanol–water partition coefficient (Wildman–Crippen LogP) is 1.40. The number of aliphatic hydroxyl groups is 3. The van der Waals surface area contributed by atoms with Gasteiger partial charge >= 0.3 is 0 Å². The maximum atomic E-state index is 14.4. The molecule has 8 nitrogen and oxygen atoms in total. The van der Waals surface area contributed by atoms with Crippen molar-refractivity contribution in [2.24, 2.45) is 0 Å². The summed E-state index contributed by atoms with van der Waals surface area (Å²) in [6.45, 7) is -1.31. The van der Waals surface area contributed by atoms with Gasteiger partial charge in [-0.25, -0.2) is 13.3 Å². The van der Waals surface area contributed by atoms with Crippen LogP contribution in [0.25, 0.3) is 5.52 Å². The minimum absolute atomic E-state index is 0.180. The molecule has 1 amide bonds. The number of fused-ring (bicyclic) bond motifs is 1. The van der Waals surface area contributed by atoms with Crippen LogP contribution in [-0.2, 0) is 0 Å². The molecule has 4 rings (SSSR count). The standard InChI is InChI=1S/C22H24F2N4O4/c23-14-3-4-18(24)16(8-14)19-2-1-6-27(19)15-5-7-28-20(9-15)17(10-25-28)21(32)26-22(11-29,12-30)13-31/h3-5,7-10,19,29-31H,1-2,6,11-13H2,(H,26,32)/t19-/m1/s1. The average molecular weight is 446 g/mol. The third-order valence-corrected chi connectivity index (χ3v) is 5.94. The smallest absolute Gasteiger partial charge is 0.255 e. The van der Waals surface area contributed by atoms with Gasteiger partial charge in [-0.05, 0) is 43.2 Å². The first kappa shape index (κ1) is 22.1. The van der Waals surface area contributed by atoms with Crippen molar-refractivity contribution in [1.29, 1.82) is 0 Å². The second kappa shape index (κ2) is 8.81. The number of benzene rings is 1. The molecule has 10 heteroatoms. The maximum absolute atomic E-state index is 14.4. The van der Waals surface area contributed by atoms with Gasteiger partial charge in [-0.15, -0.1) is 0 Å². The Labute approximate surface area is 182 Å². The average Bonchev–Trinajstić information content (AvgIpc) is 3.46. The number of hydrogen-bond donors (Lipinski definition) is 4. The minimum Gasteiger partial charge on any atom is -0.394 e. The highest BCUT2D eigenvalue weighted by Gasteiger charge is 2.32. The van der Waals surface area contributed by atoms with Gasteiger partial charge < -0.3 is 25.5 Å². The molecule has 3 heterocycles. The Balaban J connectivity index is 1.68. The Morgan fingerprint density at radius 2 is 1.91 bits per heavy atom. The molecular weight excluding hydrogens is 422 g/mol. The van der Waals surface area contributed by atoms with E-state index in [0.29, 0.717) is 18.5 Å². The zero-order valence-corrected chi connectivity index (χ0v) is 17.2. The molecule has 0 saturated carbocycles. The number of nitrogens with zero attached hydrogens (tertiary/aromatic N) is 3. The lowest BCUT2D eigenvalue weighted by atomic mass is 10.0. The third-order valence-electron chi connectivity index (χ3n) is 5.94. The van der Waals surface area contributed by atoms with Crippen molar-refractivity contribution >= 4 is 17.1 Å². The molecule has 0 radical (unpaired) electrons. The highest BCUT2D eigenvalue weighted by Crippen LogP contribution is 2.38. The molecule has 2 aromatic heterocycles. The number of nitrogens with one attached hydrogen (secondary N) is 1. The van der Waals surface area contributed by atoms with Crippen molar-refractivity contribution < 1.29 is 28.9 Å². The highest BCUT2D eigenvalue weighted by atomic mass is 19.1. The molecule has 0 bridgehead atoms. The second-order valence-electron chi connectivity index (χ2n) is 8.00. The molecule has 1 aliphatic heterocycles. The van der Waals surface area contributed by atoms with Gasteiger partial charge in [0.05, 0.1) is 43.1 Å². The van der Waals surface area contributed by atoms with Crippen molar-refractivity contribution in [1.82, 2.24) is 14.9 Å². The van der Waals surface area contributed by atoms with Crippen molar-refractivity contribution in [2.45, 2.75) is 24.4 Å². The fraction of sp³-hybridized carbons (Fsp3) is 0.364. The second-order valence-corrected chi connectivity index (χ2v) is 8.00. The normalized spacial score (nSPS) is 16.7. The summed E-state index contributed by atoms with van der Waals surface area (Å²) >= 11 is 0. The van der Waals surface area contributed by atoms with Crippen LogP contribution in [-0.4, -0.2) is 62.7 Å². The van der Waals surface area contributed by atoms with E-state index in [1.165, 1.54) is 16.8 Å². The number of carbonyl (C=O) groups excluding carboxylic acids is 1. The van der Waals surface area contributed by atoms with E-state index in [0.717, 1.165) is 24.2 Å². The Morgan fingerprint density at radius 1 is 1.16 bits per heavy atom. The van der Waals surface area contributed by atoms with E-state index < -0.39 is 42.9 Å². The number of halogens is 2. The Kier molecular flexibility index (Phi) is 6.09. The van der Waals surface area contributed by atoms with Crippen molar-refractivity contribution in [2.75, 3.05) is 31.3 Å². The lowest BCUT2D eigenvalue weighted by molar-refractivity contribution is 0.0376. The monoisotopic (exact) mass is 446 g/mol. The summed E-state index contributed by atoms with van der Waals surface area (Å²) in [5.41, 5.74) is 0.0634. The minimum atomic E-state index is -1.57. The van der Waals surface area contributed by atoms with E-state index in [2.05, 4.69) is 10.4 Å². The predicted molar refractivity (Wildman–Crippen MR) is 112 cm³/mol. The van der Waals surface area contributed by atoms with E-state index in [-0.39, 0.29) is 17.2 Å². The first-order valence-corrected chi connectivity index (χ1v) is 10.3. The largest absolute Gasteiger partial charge is 0.394 e. The molecular formula is C22H24F2N4O4. The summed E-state index contributed by atoms with van der Waals surface area (Å²) in [7, 11) is 0. The van der Waals surface area contributed by atoms with Gasteiger partial charge in [0.2, 0.25) is 0 Å². The number of amides is 1. The quantitative estimate of drug-likeness (QED) is 0.437. The highest BCUT2D eigenvalue weighted by molar-refractivity contribution is 6.01. The molecule has 0 aliphatic carbocycles. The van der Waals surface area contributed by atoms with Crippen molar-refractivity contribution in [3.8, 4) is 0 Å². The van der Waals surface area contributed by atoms with Crippen molar-refractivity contribution in [3.05, 3.63) is 65.5 Å². The number of aromatic nitrogens is 2. The van der Waals surface area contributed by atoms with Gasteiger partial charge in [0, 0.05) is 24.0 Å². The van der Waals surface area contributed by atoms with Crippen molar-refractivity contribution in [3.63, 3.8) is 0 Å². The van der Waals surface area contributed by atoms with Crippen LogP contribution < -0.4 is 10.2 Å². The SMILES string of the molecule is O=C(NC(CO)(CO)CO)c1cnn2ccc(N3CCC[C@@H]3c3cc(F)ccc3F)cc12. The van der Waals surface area contributed by atoms with Crippen LogP contribution in [0.15, 0.2) is 42.7 Å². The van der Waals surface area contributed by atoms with Crippen LogP contribution in [0.4, 0.5) is 14.5 Å². The molecule has 0 unspecified atom stereocenters. The van der Waals surface area contributed by atoms with Gasteiger partial charge in [-0.1, -0.05) is 0 Å². The van der Waals surface area contributed by atoms with E-state index in [1.54, 1.807) is 18.3 Å². The molecule has 1 aromatic carbocycles. The Bertz CT molecular complexity index is 1120. The summed E-state index contributed by atoms with van der Waals surface area (Å²) < 4.78 is 29.7. The summed E-state index contributed by atoms with van der Waals surface area (Å²) in [5.74, 6) is -1.59. The van der Waals surface area contributed by atoms with Crippen LogP contribution in [0, 0.1) is 11.6 Å². The molecule has 1 atom stereocenters. The molecule has 0 spiro atoms. The Hall–Kier alpha value is -3.08. The first-order valence-electron chi connectivity index (χ1n) is 10.3. The van der Waals surface area contributed by atoms with Gasteiger partial charge in [0.1, 0.15) is 17.2 Å². The summed E-state index contributed by atoms with van der Waals surface area (Å²) in [5, 5.41) is 35.1. The van der Waals surface area contributed by atoms with Crippen LogP contribution in [0.1, 0.15) is 34.8 Å². The van der Waals surface area contributed by atoms with Crippen LogP contribution in [0.5, 0.6) is 0 Å². The third kappa shape index (κ3) is 3.92. The van der Waals surface area contributed by atoms with Gasteiger partial charge in [0.25, 0.3) is 5.91 Å². The van der Waals surface area contributed by atoms with E-state index >= 15 is 0 Å². The topological polar surface area (TPSA) is 110 Å². The Morgan fingerprint density at radius 3 is 2.62 bits per heavy atom. The summed E-state index contributed by atoms with van der Waals surface area (Å²) in [6, 6.07) is 6.60. The summed E-state index contributed by atoms with van der Waals surface area (Å²) in [4.78, 5) is 14.8. The van der Waals surface area contributed by atoms with Crippen LogP contribution in [0.2, 0.25) is 0 Å². The van der Waals surface area contributed by atoms with Gasteiger partial charge in [-0.3, -0.25) is 4.79 Å². The molecule has 1 fully saturated rings. The van der Waals surface area contributed by atoms with E-state index in [4.69, 9.17) is 0 Å². The zero-order chi connectivity index (χ0) is 22.9. The lowest BCUT2D eigenvalue weighted by Gasteiger charge is -2.28. The fourth-order valence-electron chi connectivity index (χ4n) is 4.07. The molecule has 1 aliphatic rings. The zero-order valence-electron chi connectivity index (χ0n) is 17.2. The van der Waals surface area contributed by atoms with Gasteiger partial charge in [-0.2, -0.15) is 5.10 Å².